The second-order valence-electron chi connectivity index (χ2n) is 6.26. The molecule has 7 nitrogen and oxygen atoms in total. The van der Waals surface area contributed by atoms with Crippen LogP contribution >= 0.6 is 11.3 Å². The van der Waals surface area contributed by atoms with Crippen molar-refractivity contribution in [2.75, 3.05) is 37.9 Å². The van der Waals surface area contributed by atoms with Gasteiger partial charge in [-0.1, -0.05) is 17.4 Å². The van der Waals surface area contributed by atoms with Crippen molar-refractivity contribution in [3.05, 3.63) is 34.8 Å². The fourth-order valence-corrected chi connectivity index (χ4v) is 4.16. The molecule has 1 saturated heterocycles. The average Bonchev–Trinajstić information content (AvgIpc) is 3.30. The number of hydrogen-bond acceptors (Lipinski definition) is 6. The Morgan fingerprint density at radius 2 is 2.00 bits per heavy atom. The number of primary amides is 1. The van der Waals surface area contributed by atoms with Crippen molar-refractivity contribution in [2.24, 2.45) is 5.73 Å². The molecule has 1 atom stereocenters. The second-order valence-corrected chi connectivity index (χ2v) is 7.11. The number of amides is 1. The first-order valence-electron chi connectivity index (χ1n) is 8.31. The summed E-state index contributed by atoms with van der Waals surface area (Å²) in [4.78, 5) is 19.1. The van der Waals surface area contributed by atoms with Gasteiger partial charge in [0.25, 0.3) is 5.91 Å². The smallest absolute Gasteiger partial charge is 0.334 e. The molecule has 4 rings (SSSR count). The van der Waals surface area contributed by atoms with Gasteiger partial charge in [-0.3, -0.25) is 9.69 Å². The van der Waals surface area contributed by atoms with Crippen molar-refractivity contribution < 1.29 is 19.3 Å². The topological polar surface area (TPSA) is 82.2 Å². The van der Waals surface area contributed by atoms with Crippen molar-refractivity contribution in [3.8, 4) is 11.5 Å². The molecule has 1 aromatic heterocycles. The van der Waals surface area contributed by atoms with E-state index >= 15 is 0 Å². The highest BCUT2D eigenvalue weighted by atomic mass is 32.1. The molecule has 1 aromatic carbocycles. The Hall–Kier alpha value is -2.32. The first-order chi connectivity index (χ1) is 12.1. The number of aromatic nitrogens is 1. The molecule has 25 heavy (non-hydrogen) atoms. The number of thiazole rings is 1. The number of aromatic amines is 1. The maximum absolute atomic E-state index is 11.2. The van der Waals surface area contributed by atoms with Gasteiger partial charge in [0.15, 0.2) is 11.5 Å². The van der Waals surface area contributed by atoms with E-state index in [0.29, 0.717) is 18.5 Å². The molecule has 8 heteroatoms. The molecular formula is C17H21N4O3S+. The summed E-state index contributed by atoms with van der Waals surface area (Å²) < 4.78 is 10.9. The van der Waals surface area contributed by atoms with Crippen LogP contribution in [0, 0.1) is 0 Å². The van der Waals surface area contributed by atoms with Crippen LogP contribution in [-0.4, -0.2) is 43.8 Å². The Bertz CT molecular complexity index is 786. The molecular weight excluding hydrogens is 340 g/mol. The van der Waals surface area contributed by atoms with Crippen LogP contribution in [-0.2, 0) is 0 Å². The first-order valence-corrected chi connectivity index (χ1v) is 9.19. The highest BCUT2D eigenvalue weighted by Crippen LogP contribution is 2.35. The summed E-state index contributed by atoms with van der Waals surface area (Å²) in [5.41, 5.74) is 7.01. The zero-order valence-corrected chi connectivity index (χ0v) is 14.8. The number of carbonyl (C=O) groups is 1. The number of anilines is 1. The molecule has 0 aliphatic carbocycles. The zero-order valence-electron chi connectivity index (χ0n) is 14.0. The summed E-state index contributed by atoms with van der Waals surface area (Å²) >= 11 is 1.52. The lowest BCUT2D eigenvalue weighted by molar-refractivity contribution is -0.361. The third kappa shape index (κ3) is 3.14. The number of hydrogen-bond donors (Lipinski definition) is 1. The predicted octanol–water partition coefficient (Wildman–Crippen LogP) is 1.27. The van der Waals surface area contributed by atoms with Gasteiger partial charge in [-0.2, -0.15) is 0 Å². The van der Waals surface area contributed by atoms with Crippen LogP contribution in [0.3, 0.4) is 0 Å². The monoisotopic (exact) mass is 361 g/mol. The van der Waals surface area contributed by atoms with Crippen molar-refractivity contribution in [3.63, 3.8) is 0 Å². The van der Waals surface area contributed by atoms with Gasteiger partial charge in [0, 0.05) is 19.1 Å². The number of nitrogens with one attached hydrogen (secondary N) is 1. The SMILES string of the molecule is C[C@H](c1ccc2c(c1)OCO2)N1CCN(c2[nH+]c(C(N)=O)cs2)CC1. The Morgan fingerprint density at radius 3 is 2.72 bits per heavy atom. The van der Waals surface area contributed by atoms with Crippen LogP contribution in [0.2, 0.25) is 0 Å². The molecule has 1 amide bonds. The normalized spacial score (nSPS) is 18.4. The van der Waals surface area contributed by atoms with Crippen LogP contribution in [0.5, 0.6) is 11.5 Å². The van der Waals surface area contributed by atoms with E-state index in [1.807, 2.05) is 6.07 Å². The molecule has 2 aromatic rings. The number of nitrogens with two attached hydrogens (primary N) is 1. The third-order valence-corrected chi connectivity index (χ3v) is 5.76. The van der Waals surface area contributed by atoms with Crippen molar-refractivity contribution in [1.29, 1.82) is 0 Å². The first kappa shape index (κ1) is 16.2. The number of ether oxygens (including phenoxy) is 2. The molecule has 2 aliphatic heterocycles. The minimum absolute atomic E-state index is 0.302. The maximum atomic E-state index is 11.2. The molecule has 0 saturated carbocycles. The largest absolute Gasteiger partial charge is 0.454 e. The van der Waals surface area contributed by atoms with E-state index in [9.17, 15) is 4.79 Å². The summed E-state index contributed by atoms with van der Waals surface area (Å²) in [5.74, 6) is 1.23. The van der Waals surface area contributed by atoms with Gasteiger partial charge >= 0.3 is 5.13 Å². The zero-order chi connectivity index (χ0) is 17.4. The number of benzene rings is 1. The fraction of sp³-hybridized carbons (Fsp3) is 0.412. The Morgan fingerprint density at radius 1 is 1.24 bits per heavy atom. The lowest BCUT2D eigenvalue weighted by atomic mass is 10.1. The summed E-state index contributed by atoms with van der Waals surface area (Å²) in [7, 11) is 0. The van der Waals surface area contributed by atoms with Crippen LogP contribution in [0.25, 0.3) is 0 Å². The van der Waals surface area contributed by atoms with Crippen LogP contribution in [0.4, 0.5) is 5.13 Å². The molecule has 2 aliphatic rings. The minimum Gasteiger partial charge on any atom is -0.454 e. The second kappa shape index (κ2) is 6.53. The standard InChI is InChI=1S/C17H20N4O3S/c1-11(12-2-3-14-15(8-12)24-10-23-14)20-4-6-21(7-5-20)17-19-13(9-25-17)16(18)22/h2-3,8-9,11H,4-7,10H2,1H3,(H2,18,22)/p+1/t11-/m1/s1. The number of piperazine rings is 1. The van der Waals surface area contributed by atoms with E-state index in [1.54, 1.807) is 5.38 Å². The van der Waals surface area contributed by atoms with Crippen LogP contribution in [0.15, 0.2) is 23.6 Å². The van der Waals surface area contributed by atoms with Crippen LogP contribution in [0.1, 0.15) is 29.0 Å². The molecule has 0 radical (unpaired) electrons. The molecule has 0 bridgehead atoms. The molecule has 3 N–H and O–H groups in total. The van der Waals surface area contributed by atoms with E-state index in [1.165, 1.54) is 16.9 Å². The summed E-state index contributed by atoms with van der Waals surface area (Å²) in [6.07, 6.45) is 0. The molecule has 132 valence electrons. The van der Waals surface area contributed by atoms with Crippen molar-refractivity contribution in [2.45, 2.75) is 13.0 Å². The average molecular weight is 361 g/mol. The van der Waals surface area contributed by atoms with E-state index in [2.05, 4.69) is 33.8 Å². The fourth-order valence-electron chi connectivity index (χ4n) is 3.26. The minimum atomic E-state index is -0.419. The van der Waals surface area contributed by atoms with E-state index in [0.717, 1.165) is 42.8 Å². The Labute approximate surface area is 150 Å². The number of H-pyrrole nitrogens is 1. The highest BCUT2D eigenvalue weighted by Gasteiger charge is 2.29. The summed E-state index contributed by atoms with van der Waals surface area (Å²) in [6, 6.07) is 6.48. The van der Waals surface area contributed by atoms with E-state index in [4.69, 9.17) is 15.2 Å². The molecule has 1 fully saturated rings. The van der Waals surface area contributed by atoms with Crippen LogP contribution < -0.4 is 25.1 Å². The lowest BCUT2D eigenvalue weighted by Crippen LogP contribution is -2.48. The Kier molecular flexibility index (Phi) is 4.22. The van der Waals surface area contributed by atoms with Gasteiger partial charge < -0.3 is 15.2 Å². The predicted molar refractivity (Wildman–Crippen MR) is 94.2 cm³/mol. The lowest BCUT2D eigenvalue weighted by Gasteiger charge is -2.34. The Balaban J connectivity index is 1.40. The summed E-state index contributed by atoms with van der Waals surface area (Å²) in [5, 5.41) is 2.77. The number of nitrogens with zero attached hydrogens (tertiary/aromatic N) is 2. The number of rotatable bonds is 4. The van der Waals surface area contributed by atoms with Gasteiger partial charge in [0.05, 0.1) is 18.5 Å². The third-order valence-electron chi connectivity index (χ3n) is 4.82. The van der Waals surface area contributed by atoms with Crippen molar-refractivity contribution in [1.82, 2.24) is 4.90 Å². The molecule has 0 unspecified atom stereocenters. The molecule has 0 spiro atoms. The summed E-state index contributed by atoms with van der Waals surface area (Å²) in [6.45, 7) is 6.24. The molecule has 3 heterocycles. The highest BCUT2D eigenvalue weighted by molar-refractivity contribution is 7.13. The van der Waals surface area contributed by atoms with Gasteiger partial charge in [0.2, 0.25) is 12.5 Å². The van der Waals surface area contributed by atoms with Crippen molar-refractivity contribution >= 4 is 22.4 Å². The number of carbonyl (C=O) groups excluding carboxylic acids is 1. The van der Waals surface area contributed by atoms with Gasteiger partial charge in [-0.15, -0.1) is 0 Å². The van der Waals surface area contributed by atoms with Gasteiger partial charge in [0.1, 0.15) is 0 Å². The quantitative estimate of drug-likeness (QED) is 0.887. The van der Waals surface area contributed by atoms with E-state index < -0.39 is 5.91 Å². The number of fused-ring (bicyclic) bond motifs is 1. The van der Waals surface area contributed by atoms with Gasteiger partial charge in [-0.25, -0.2) is 9.88 Å². The van der Waals surface area contributed by atoms with E-state index in [-0.39, 0.29) is 0 Å². The maximum Gasteiger partial charge on any atom is 0.334 e. The van der Waals surface area contributed by atoms with Gasteiger partial charge in [-0.05, 0) is 24.6 Å².